The Morgan fingerprint density at radius 1 is 1.45 bits per heavy atom. The van der Waals surface area contributed by atoms with Gasteiger partial charge >= 0.3 is 0 Å². The summed E-state index contributed by atoms with van der Waals surface area (Å²) in [4.78, 5) is 12.0. The first kappa shape index (κ1) is 14.5. The van der Waals surface area contributed by atoms with Crippen LogP contribution in [0.3, 0.4) is 0 Å². The van der Waals surface area contributed by atoms with Crippen LogP contribution in [0.5, 0.6) is 0 Å². The summed E-state index contributed by atoms with van der Waals surface area (Å²) in [6, 6.07) is 9.31. The zero-order valence-corrected chi connectivity index (χ0v) is 11.8. The zero-order valence-electron chi connectivity index (χ0n) is 11.8. The summed E-state index contributed by atoms with van der Waals surface area (Å²) >= 11 is 0. The smallest absolute Gasteiger partial charge is 0.243 e. The Bertz CT molecular complexity index is 511. The van der Waals surface area contributed by atoms with E-state index in [4.69, 9.17) is 10.00 Å². The number of carbonyl (C=O) groups excluding carboxylic acids is 1. The molecular formula is C15H19N3O2. The molecule has 1 unspecified atom stereocenters. The van der Waals surface area contributed by atoms with Gasteiger partial charge in [-0.1, -0.05) is 12.1 Å². The Labute approximate surface area is 118 Å². The van der Waals surface area contributed by atoms with Crippen LogP contribution in [0.25, 0.3) is 0 Å². The number of benzene rings is 1. The van der Waals surface area contributed by atoms with Gasteiger partial charge in [0, 0.05) is 12.2 Å². The molecule has 1 aliphatic rings. The maximum atomic E-state index is 12.0. The largest absolute Gasteiger partial charge is 0.378 e. The molecule has 0 bridgehead atoms. The summed E-state index contributed by atoms with van der Waals surface area (Å²) in [6.07, 6.45) is 0. The summed E-state index contributed by atoms with van der Waals surface area (Å²) in [6.45, 7) is 5.45. The summed E-state index contributed by atoms with van der Waals surface area (Å²) < 4.78 is 5.26. The minimum Gasteiger partial charge on any atom is -0.378 e. The van der Waals surface area contributed by atoms with E-state index in [2.05, 4.69) is 16.7 Å². The zero-order chi connectivity index (χ0) is 14.6. The van der Waals surface area contributed by atoms with E-state index >= 15 is 0 Å². The number of amides is 1. The Balaban J connectivity index is 2.00. The molecule has 0 radical (unpaired) electrons. The van der Waals surface area contributed by atoms with E-state index in [-0.39, 0.29) is 11.9 Å². The van der Waals surface area contributed by atoms with Gasteiger partial charge in [0.15, 0.2) is 0 Å². The maximum absolute atomic E-state index is 12.0. The molecule has 1 aromatic rings. The van der Waals surface area contributed by atoms with Crippen molar-refractivity contribution in [2.45, 2.75) is 25.3 Å². The highest BCUT2D eigenvalue weighted by molar-refractivity contribution is 5.95. The normalized spacial score (nSPS) is 19.1. The number of carbonyl (C=O) groups is 1. The molecular weight excluding hydrogens is 254 g/mol. The van der Waals surface area contributed by atoms with E-state index in [1.54, 1.807) is 0 Å². The first-order valence-electron chi connectivity index (χ1n) is 6.67. The summed E-state index contributed by atoms with van der Waals surface area (Å²) in [5, 5.41) is 15.0. The van der Waals surface area contributed by atoms with Crippen molar-refractivity contribution >= 4 is 11.6 Å². The Morgan fingerprint density at radius 2 is 2.15 bits per heavy atom. The fourth-order valence-corrected chi connectivity index (χ4v) is 2.00. The number of nitrogens with one attached hydrogen (secondary N) is 2. The first-order valence-corrected chi connectivity index (χ1v) is 6.67. The van der Waals surface area contributed by atoms with Crippen molar-refractivity contribution in [2.75, 3.05) is 25.1 Å². The van der Waals surface area contributed by atoms with Gasteiger partial charge in [-0.25, -0.2) is 0 Å². The van der Waals surface area contributed by atoms with Gasteiger partial charge in [-0.2, -0.15) is 5.26 Å². The highest BCUT2D eigenvalue weighted by Crippen LogP contribution is 2.23. The molecule has 0 aliphatic carbocycles. The lowest BCUT2D eigenvalue weighted by Gasteiger charge is -2.23. The minimum atomic E-state index is -0.526. The van der Waals surface area contributed by atoms with Gasteiger partial charge < -0.3 is 15.4 Å². The predicted molar refractivity (Wildman–Crippen MR) is 76.3 cm³/mol. The third kappa shape index (κ3) is 3.35. The first-order chi connectivity index (χ1) is 9.53. The van der Waals surface area contributed by atoms with Gasteiger partial charge in [-0.15, -0.1) is 0 Å². The molecule has 106 valence electrons. The second-order valence-corrected chi connectivity index (χ2v) is 5.39. The molecule has 5 nitrogen and oxygen atoms in total. The summed E-state index contributed by atoms with van der Waals surface area (Å²) in [5.74, 6) is -0.100. The van der Waals surface area contributed by atoms with Gasteiger partial charge in [-0.05, 0) is 31.5 Å². The number of hydrogen-bond donors (Lipinski definition) is 2. The molecule has 1 atom stereocenters. The summed E-state index contributed by atoms with van der Waals surface area (Å²) in [5.41, 5.74) is 1.12. The number of nitrogens with zero attached hydrogens (tertiary/aromatic N) is 1. The van der Waals surface area contributed by atoms with E-state index in [1.807, 2.05) is 38.1 Å². The number of morpholine rings is 1. The van der Waals surface area contributed by atoms with Crippen LogP contribution in [0.15, 0.2) is 24.3 Å². The van der Waals surface area contributed by atoms with Crippen LogP contribution in [0.2, 0.25) is 0 Å². The van der Waals surface area contributed by atoms with Crippen molar-refractivity contribution in [3.63, 3.8) is 0 Å². The molecule has 2 N–H and O–H groups in total. The molecule has 2 rings (SSSR count). The van der Waals surface area contributed by atoms with Crippen molar-refractivity contribution in [3.8, 4) is 6.07 Å². The number of hydrogen-bond acceptors (Lipinski definition) is 4. The maximum Gasteiger partial charge on any atom is 0.243 e. The quantitative estimate of drug-likeness (QED) is 0.873. The van der Waals surface area contributed by atoms with Crippen LogP contribution in [0, 0.1) is 11.3 Å². The highest BCUT2D eigenvalue weighted by Gasteiger charge is 2.22. The van der Waals surface area contributed by atoms with Crippen LogP contribution < -0.4 is 10.6 Å². The number of anilines is 1. The van der Waals surface area contributed by atoms with Crippen LogP contribution in [0.4, 0.5) is 5.69 Å². The van der Waals surface area contributed by atoms with Crippen molar-refractivity contribution in [1.82, 2.24) is 5.32 Å². The van der Waals surface area contributed by atoms with Crippen molar-refractivity contribution < 1.29 is 9.53 Å². The standard InChI is InChI=1S/C15H19N3O2/c1-15(2,10-16)11-3-5-12(6-4-11)18-14(19)13-9-20-8-7-17-13/h3-6,13,17H,7-9H2,1-2H3,(H,18,19). The molecule has 0 saturated carbocycles. The fourth-order valence-electron chi connectivity index (χ4n) is 2.00. The lowest BCUT2D eigenvalue weighted by atomic mass is 9.86. The van der Waals surface area contributed by atoms with E-state index in [9.17, 15) is 4.79 Å². The SMILES string of the molecule is CC(C)(C#N)c1ccc(NC(=O)C2COCCN2)cc1. The van der Waals surface area contributed by atoms with E-state index in [1.165, 1.54) is 0 Å². The third-order valence-corrected chi connectivity index (χ3v) is 3.39. The lowest BCUT2D eigenvalue weighted by Crippen LogP contribution is -2.48. The number of nitriles is 1. The van der Waals surface area contributed by atoms with Crippen molar-refractivity contribution in [3.05, 3.63) is 29.8 Å². The molecule has 1 saturated heterocycles. The molecule has 1 fully saturated rings. The monoisotopic (exact) mass is 273 g/mol. The van der Waals surface area contributed by atoms with Gasteiger partial charge in [0.1, 0.15) is 6.04 Å². The predicted octanol–water partition coefficient (Wildman–Crippen LogP) is 1.41. The second-order valence-electron chi connectivity index (χ2n) is 5.39. The van der Waals surface area contributed by atoms with Crippen LogP contribution in [-0.2, 0) is 14.9 Å². The average Bonchev–Trinajstić information content (AvgIpc) is 2.48. The van der Waals surface area contributed by atoms with Gasteiger partial charge in [-0.3, -0.25) is 4.79 Å². The van der Waals surface area contributed by atoms with Gasteiger partial charge in [0.2, 0.25) is 5.91 Å². The second kappa shape index (κ2) is 6.04. The Kier molecular flexibility index (Phi) is 4.38. The van der Waals surface area contributed by atoms with Crippen LogP contribution >= 0.6 is 0 Å². The average molecular weight is 273 g/mol. The molecule has 1 aliphatic heterocycles. The lowest BCUT2D eigenvalue weighted by molar-refractivity contribution is -0.120. The topological polar surface area (TPSA) is 74.2 Å². The third-order valence-electron chi connectivity index (χ3n) is 3.39. The van der Waals surface area contributed by atoms with E-state index < -0.39 is 5.41 Å². The van der Waals surface area contributed by atoms with Crippen LogP contribution in [-0.4, -0.2) is 31.7 Å². The number of rotatable bonds is 3. The molecule has 5 heteroatoms. The minimum absolute atomic E-state index is 0.100. The van der Waals surface area contributed by atoms with E-state index in [0.717, 1.165) is 11.3 Å². The number of ether oxygens (including phenoxy) is 1. The molecule has 0 aromatic heterocycles. The Hall–Kier alpha value is -1.90. The molecule has 1 amide bonds. The summed E-state index contributed by atoms with van der Waals surface area (Å²) in [7, 11) is 0. The molecule has 1 heterocycles. The van der Waals surface area contributed by atoms with Gasteiger partial charge in [0.25, 0.3) is 0 Å². The fraction of sp³-hybridized carbons (Fsp3) is 0.467. The molecule has 20 heavy (non-hydrogen) atoms. The molecule has 0 spiro atoms. The van der Waals surface area contributed by atoms with Crippen molar-refractivity contribution in [2.24, 2.45) is 0 Å². The Morgan fingerprint density at radius 3 is 2.70 bits per heavy atom. The van der Waals surface area contributed by atoms with Gasteiger partial charge in [0.05, 0.1) is 24.7 Å². The van der Waals surface area contributed by atoms with Crippen LogP contribution in [0.1, 0.15) is 19.4 Å². The highest BCUT2D eigenvalue weighted by atomic mass is 16.5. The van der Waals surface area contributed by atoms with E-state index in [0.29, 0.717) is 19.8 Å². The molecule has 1 aromatic carbocycles. The van der Waals surface area contributed by atoms with Crippen molar-refractivity contribution in [1.29, 1.82) is 5.26 Å².